The van der Waals surface area contributed by atoms with Gasteiger partial charge in [-0.15, -0.1) is 0 Å². The van der Waals surface area contributed by atoms with Crippen LogP contribution < -0.4 is 15.0 Å². The summed E-state index contributed by atoms with van der Waals surface area (Å²) in [4.78, 5) is 17.3. The summed E-state index contributed by atoms with van der Waals surface area (Å²) in [6.45, 7) is 0.350. The molecule has 2 fully saturated rings. The number of benzene rings is 1. The van der Waals surface area contributed by atoms with Gasteiger partial charge in [0, 0.05) is 49.4 Å². The molecule has 2 aromatic rings. The fraction of sp³-hybridized carbons (Fsp3) is 0.429. The van der Waals surface area contributed by atoms with Crippen LogP contribution >= 0.6 is 0 Å². The summed E-state index contributed by atoms with van der Waals surface area (Å²) < 4.78 is 81.1. The first-order chi connectivity index (χ1) is 15.2. The van der Waals surface area contributed by atoms with Gasteiger partial charge in [0.25, 0.3) is 0 Å². The maximum atomic E-state index is 14.5. The van der Waals surface area contributed by atoms with Crippen LogP contribution in [-0.2, 0) is 15.7 Å². The lowest BCUT2D eigenvalue weighted by Crippen LogP contribution is -2.30. The van der Waals surface area contributed by atoms with Crippen LogP contribution in [0.25, 0.3) is 0 Å². The summed E-state index contributed by atoms with van der Waals surface area (Å²) in [6.07, 6.45) is -3.47. The van der Waals surface area contributed by atoms with Gasteiger partial charge in [-0.3, -0.25) is 9.69 Å². The molecule has 1 N–H and O–H groups in total. The fourth-order valence-electron chi connectivity index (χ4n) is 4.10. The third kappa shape index (κ3) is 4.21. The van der Waals surface area contributed by atoms with Crippen molar-refractivity contribution in [1.82, 2.24) is 4.98 Å². The molecule has 0 bridgehead atoms. The van der Waals surface area contributed by atoms with Crippen LogP contribution in [0.1, 0.15) is 29.9 Å². The van der Waals surface area contributed by atoms with E-state index in [0.717, 1.165) is 23.2 Å². The van der Waals surface area contributed by atoms with Crippen molar-refractivity contribution in [1.29, 1.82) is 0 Å². The summed E-state index contributed by atoms with van der Waals surface area (Å²) in [5.74, 6) is -4.17. The molecule has 3 heterocycles. The third-order valence-electron chi connectivity index (χ3n) is 5.58. The summed E-state index contributed by atoms with van der Waals surface area (Å²) in [7, 11) is 1.25. The van der Waals surface area contributed by atoms with Gasteiger partial charge >= 0.3 is 6.18 Å². The largest absolute Gasteiger partial charge is 0.497 e. The Balaban J connectivity index is 1.69. The van der Waals surface area contributed by atoms with Crippen molar-refractivity contribution in [3.8, 4) is 5.75 Å². The number of ether oxygens (including phenoxy) is 2. The van der Waals surface area contributed by atoms with Crippen molar-refractivity contribution in [2.24, 2.45) is 0 Å². The number of alkyl halides is 3. The van der Waals surface area contributed by atoms with Crippen LogP contribution in [0, 0.1) is 11.6 Å². The zero-order valence-electron chi connectivity index (χ0n) is 17.0. The number of amides is 1. The zero-order valence-corrected chi connectivity index (χ0v) is 17.0. The molecule has 4 rings (SSSR count). The molecule has 11 heteroatoms. The number of rotatable bonds is 5. The monoisotopic (exact) mass is 457 g/mol. The van der Waals surface area contributed by atoms with E-state index in [0.29, 0.717) is 13.0 Å². The minimum atomic E-state index is -4.82. The molecule has 32 heavy (non-hydrogen) atoms. The highest BCUT2D eigenvalue weighted by Gasteiger charge is 2.43. The van der Waals surface area contributed by atoms with Gasteiger partial charge in [-0.05, 0) is 12.5 Å². The van der Waals surface area contributed by atoms with E-state index in [9.17, 15) is 26.7 Å². The van der Waals surface area contributed by atoms with Crippen LogP contribution in [-0.4, -0.2) is 43.8 Å². The molecular formula is C21H20F5N3O3. The Morgan fingerprint density at radius 3 is 2.56 bits per heavy atom. The van der Waals surface area contributed by atoms with Crippen molar-refractivity contribution in [3.05, 3.63) is 47.2 Å². The Kier molecular flexibility index (Phi) is 5.93. The number of nitrogens with one attached hydrogen (secondary N) is 1. The molecule has 0 saturated carbocycles. The molecule has 1 amide bonds. The molecule has 0 radical (unpaired) electrons. The maximum Gasteiger partial charge on any atom is 0.421 e. The Morgan fingerprint density at radius 2 is 1.97 bits per heavy atom. The molecule has 6 nitrogen and oxygen atoms in total. The molecule has 1 aromatic heterocycles. The summed E-state index contributed by atoms with van der Waals surface area (Å²) >= 11 is 0. The molecule has 0 aliphatic carbocycles. The number of aromatic nitrogens is 1. The highest BCUT2D eigenvalue weighted by atomic mass is 19.4. The molecule has 1 unspecified atom stereocenters. The molecule has 2 aliphatic heterocycles. The molecule has 172 valence electrons. The fourth-order valence-corrected chi connectivity index (χ4v) is 4.10. The Labute approximate surface area is 180 Å². The first kappa shape index (κ1) is 22.3. The van der Waals surface area contributed by atoms with E-state index >= 15 is 0 Å². The van der Waals surface area contributed by atoms with Gasteiger partial charge in [0.15, 0.2) is 0 Å². The molecule has 2 saturated heterocycles. The van der Waals surface area contributed by atoms with Crippen molar-refractivity contribution in [2.45, 2.75) is 31.0 Å². The van der Waals surface area contributed by atoms with Crippen LogP contribution in [0.5, 0.6) is 5.75 Å². The lowest BCUT2D eigenvalue weighted by atomic mass is 9.97. The maximum absolute atomic E-state index is 14.5. The lowest BCUT2D eigenvalue weighted by molar-refractivity contribution is -0.136. The number of nitrogens with zero attached hydrogens (tertiary/aromatic N) is 2. The van der Waals surface area contributed by atoms with Crippen molar-refractivity contribution >= 4 is 17.4 Å². The van der Waals surface area contributed by atoms with Gasteiger partial charge in [0.05, 0.1) is 25.4 Å². The van der Waals surface area contributed by atoms with Gasteiger partial charge in [-0.1, -0.05) is 0 Å². The Morgan fingerprint density at radius 1 is 1.25 bits per heavy atom. The van der Waals surface area contributed by atoms with Crippen LogP contribution in [0.2, 0.25) is 0 Å². The standard InChI is InChI=1S/C21H20F5N3O3/c1-31-13-7-14(22)18(15(23)8-13)11-6-17(30)29(9-11)20-19(21(24,25)26)16(2-4-27-20)28-12-3-5-32-10-12/h2,4,7-8,11-12H,3,5-6,9-10H2,1H3,(H,27,28)/t11-,12?/m0/s1. The number of carbonyl (C=O) groups excluding carboxylic acids is 1. The molecule has 2 aliphatic rings. The number of halogens is 5. The van der Waals surface area contributed by atoms with Gasteiger partial charge in [0.1, 0.15) is 28.8 Å². The van der Waals surface area contributed by atoms with Crippen LogP contribution in [0.15, 0.2) is 24.4 Å². The van der Waals surface area contributed by atoms with Crippen molar-refractivity contribution in [2.75, 3.05) is 37.1 Å². The zero-order chi connectivity index (χ0) is 23.0. The SMILES string of the molecule is COc1cc(F)c([C@H]2CC(=O)N(c3nccc(NC4CCOC4)c3C(F)(F)F)C2)c(F)c1. The molecule has 1 aromatic carbocycles. The number of hydrogen-bond donors (Lipinski definition) is 1. The average Bonchev–Trinajstić information content (AvgIpc) is 3.36. The van der Waals surface area contributed by atoms with Gasteiger partial charge in [-0.25, -0.2) is 13.8 Å². The minimum absolute atomic E-state index is 0.0411. The number of hydrogen-bond acceptors (Lipinski definition) is 5. The van der Waals surface area contributed by atoms with Crippen LogP contribution in [0.4, 0.5) is 33.5 Å². The highest BCUT2D eigenvalue weighted by Crippen LogP contribution is 2.44. The van der Waals surface area contributed by atoms with Crippen LogP contribution in [0.3, 0.4) is 0 Å². The lowest BCUT2D eigenvalue weighted by Gasteiger charge is -2.24. The quantitative estimate of drug-likeness (QED) is 0.685. The van der Waals surface area contributed by atoms with Gasteiger partial charge < -0.3 is 14.8 Å². The highest BCUT2D eigenvalue weighted by molar-refractivity contribution is 5.97. The Bertz CT molecular complexity index is 1000. The summed E-state index contributed by atoms with van der Waals surface area (Å²) in [5, 5.41) is 2.81. The van der Waals surface area contributed by atoms with E-state index < -0.39 is 41.0 Å². The predicted octanol–water partition coefficient (Wildman–Crippen LogP) is 4.11. The second-order valence-corrected chi connectivity index (χ2v) is 7.67. The normalized spacial score (nSPS) is 21.3. The van der Waals surface area contributed by atoms with Crippen molar-refractivity contribution in [3.63, 3.8) is 0 Å². The van der Waals surface area contributed by atoms with Gasteiger partial charge in [0.2, 0.25) is 5.91 Å². The molecular weight excluding hydrogens is 437 g/mol. The van der Waals surface area contributed by atoms with E-state index in [4.69, 9.17) is 9.47 Å². The molecule has 2 atom stereocenters. The third-order valence-corrected chi connectivity index (χ3v) is 5.58. The number of pyridine rings is 1. The van der Waals surface area contributed by atoms with Gasteiger partial charge in [-0.2, -0.15) is 13.2 Å². The van der Waals surface area contributed by atoms with E-state index in [1.165, 1.54) is 13.2 Å². The summed E-state index contributed by atoms with van der Waals surface area (Å²) in [6, 6.07) is 2.82. The first-order valence-electron chi connectivity index (χ1n) is 9.92. The smallest absolute Gasteiger partial charge is 0.421 e. The van der Waals surface area contributed by atoms with E-state index in [-0.39, 0.29) is 42.6 Å². The Hall–Kier alpha value is -2.95. The average molecular weight is 457 g/mol. The van der Waals surface area contributed by atoms with E-state index in [1.807, 2.05) is 0 Å². The van der Waals surface area contributed by atoms with Crippen molar-refractivity contribution < 1.29 is 36.2 Å². The molecule has 0 spiro atoms. The summed E-state index contributed by atoms with van der Waals surface area (Å²) in [5.41, 5.74) is -1.69. The second kappa shape index (κ2) is 8.53. The topological polar surface area (TPSA) is 63.7 Å². The second-order valence-electron chi connectivity index (χ2n) is 7.67. The van der Waals surface area contributed by atoms with E-state index in [2.05, 4.69) is 10.3 Å². The number of methoxy groups -OCH3 is 1. The van der Waals surface area contributed by atoms with E-state index in [1.54, 1.807) is 0 Å². The first-order valence-corrected chi connectivity index (χ1v) is 9.92. The minimum Gasteiger partial charge on any atom is -0.497 e. The number of carbonyl (C=O) groups is 1. The predicted molar refractivity (Wildman–Crippen MR) is 105 cm³/mol. The number of anilines is 2.